The Balaban J connectivity index is 2.29. The number of fused-ring (bicyclic) bond motifs is 1. The van der Waals surface area contributed by atoms with Crippen LogP contribution in [0.4, 0.5) is 0 Å². The summed E-state index contributed by atoms with van der Waals surface area (Å²) < 4.78 is 20.0. The van der Waals surface area contributed by atoms with Gasteiger partial charge in [0, 0.05) is 24.4 Å². The third-order valence-corrected chi connectivity index (χ3v) is 4.32. The Hall–Kier alpha value is -1.53. The van der Waals surface area contributed by atoms with Gasteiger partial charge in [-0.05, 0) is 37.2 Å². The lowest BCUT2D eigenvalue weighted by molar-refractivity contribution is 0.415. The minimum absolute atomic E-state index is 0.722. The standard InChI is InChI=1S/C13H19N3O2S/c1-15(19(3)17)7-6-10-9-16(14)13-5-4-11(18-2)8-12(10)13/h4-5,8-9H,6-7,14H2,1-3H3. The average Bonchev–Trinajstić information content (AvgIpc) is 2.72. The number of rotatable bonds is 5. The molecule has 1 aromatic carbocycles. The van der Waals surface area contributed by atoms with Gasteiger partial charge >= 0.3 is 0 Å². The van der Waals surface area contributed by atoms with Crippen molar-refractivity contribution in [3.05, 3.63) is 30.0 Å². The van der Waals surface area contributed by atoms with Crippen molar-refractivity contribution in [2.75, 3.05) is 32.8 Å². The number of hydrogen-bond acceptors (Lipinski definition) is 3. The summed E-state index contributed by atoms with van der Waals surface area (Å²) in [4.78, 5) is 0. The Morgan fingerprint density at radius 3 is 2.84 bits per heavy atom. The Morgan fingerprint density at radius 1 is 1.47 bits per heavy atom. The van der Waals surface area contributed by atoms with Gasteiger partial charge in [0.15, 0.2) is 0 Å². The second-order valence-electron chi connectivity index (χ2n) is 4.47. The SMILES string of the molecule is COc1ccc2c(c1)c(CCN(C)S(C)=O)cn2N. The zero-order chi connectivity index (χ0) is 14.0. The molecule has 5 nitrogen and oxygen atoms in total. The molecule has 6 heteroatoms. The van der Waals surface area contributed by atoms with E-state index in [9.17, 15) is 4.21 Å². The van der Waals surface area contributed by atoms with Crippen LogP contribution >= 0.6 is 0 Å². The minimum Gasteiger partial charge on any atom is -0.497 e. The molecule has 2 aromatic rings. The van der Waals surface area contributed by atoms with E-state index in [4.69, 9.17) is 10.6 Å². The second-order valence-corrected chi connectivity index (χ2v) is 5.94. The van der Waals surface area contributed by atoms with Crippen molar-refractivity contribution in [2.24, 2.45) is 0 Å². The molecule has 1 atom stereocenters. The Morgan fingerprint density at radius 2 is 2.21 bits per heavy atom. The number of ether oxygens (including phenoxy) is 1. The molecule has 104 valence electrons. The summed E-state index contributed by atoms with van der Waals surface area (Å²) in [5.41, 5.74) is 2.10. The van der Waals surface area contributed by atoms with Gasteiger partial charge in [0.05, 0.1) is 23.6 Å². The average molecular weight is 281 g/mol. The van der Waals surface area contributed by atoms with Crippen molar-refractivity contribution in [3.8, 4) is 5.75 Å². The normalized spacial score (nSPS) is 13.1. The fourth-order valence-corrected chi connectivity index (χ4v) is 2.39. The summed E-state index contributed by atoms with van der Waals surface area (Å²) in [5, 5.41) is 1.08. The molecular weight excluding hydrogens is 262 g/mol. The van der Waals surface area contributed by atoms with Crippen molar-refractivity contribution in [2.45, 2.75) is 6.42 Å². The number of likely N-dealkylation sites (N-methyl/N-ethyl adjacent to an activating group) is 1. The van der Waals surface area contributed by atoms with Gasteiger partial charge in [-0.2, -0.15) is 0 Å². The van der Waals surface area contributed by atoms with Crippen LogP contribution in [0.2, 0.25) is 0 Å². The number of nitrogens with two attached hydrogens (primary N) is 1. The highest BCUT2D eigenvalue weighted by molar-refractivity contribution is 7.81. The maximum absolute atomic E-state index is 11.3. The van der Waals surface area contributed by atoms with Crippen molar-refractivity contribution < 1.29 is 8.95 Å². The van der Waals surface area contributed by atoms with Crippen LogP contribution in [0.5, 0.6) is 5.75 Å². The smallest absolute Gasteiger partial charge is 0.119 e. The third kappa shape index (κ3) is 2.90. The number of nitrogen functional groups attached to an aromatic ring is 1. The molecule has 0 saturated carbocycles. The molecule has 1 heterocycles. The lowest BCUT2D eigenvalue weighted by Gasteiger charge is -2.11. The molecule has 0 bridgehead atoms. The number of benzene rings is 1. The largest absolute Gasteiger partial charge is 0.497 e. The molecule has 0 aliphatic heterocycles. The zero-order valence-electron chi connectivity index (χ0n) is 11.4. The van der Waals surface area contributed by atoms with E-state index in [-0.39, 0.29) is 0 Å². The first kappa shape index (κ1) is 13.9. The number of hydrogen-bond donors (Lipinski definition) is 1. The molecule has 2 N–H and O–H groups in total. The molecule has 1 unspecified atom stereocenters. The van der Waals surface area contributed by atoms with Gasteiger partial charge in [-0.15, -0.1) is 0 Å². The summed E-state index contributed by atoms with van der Waals surface area (Å²) in [5.74, 6) is 6.75. The van der Waals surface area contributed by atoms with E-state index in [1.54, 1.807) is 22.3 Å². The molecule has 0 fully saturated rings. The third-order valence-electron chi connectivity index (χ3n) is 3.26. The van der Waals surface area contributed by atoms with Gasteiger partial charge in [0.25, 0.3) is 0 Å². The van der Waals surface area contributed by atoms with E-state index >= 15 is 0 Å². The van der Waals surface area contributed by atoms with Gasteiger partial charge in [0.2, 0.25) is 0 Å². The highest BCUT2D eigenvalue weighted by atomic mass is 32.2. The molecular formula is C13H19N3O2S. The van der Waals surface area contributed by atoms with E-state index < -0.39 is 11.0 Å². The fraction of sp³-hybridized carbons (Fsp3) is 0.385. The lowest BCUT2D eigenvalue weighted by Crippen LogP contribution is -2.22. The van der Waals surface area contributed by atoms with Crippen LogP contribution in [0.15, 0.2) is 24.4 Å². The van der Waals surface area contributed by atoms with Gasteiger partial charge in [-0.3, -0.25) is 4.68 Å². The fourth-order valence-electron chi connectivity index (χ4n) is 2.04. The van der Waals surface area contributed by atoms with Gasteiger partial charge < -0.3 is 10.6 Å². The second kappa shape index (κ2) is 5.63. The lowest BCUT2D eigenvalue weighted by atomic mass is 10.1. The molecule has 0 radical (unpaired) electrons. The molecule has 1 aromatic heterocycles. The van der Waals surface area contributed by atoms with Crippen molar-refractivity contribution in [1.29, 1.82) is 0 Å². The molecule has 0 aliphatic carbocycles. The Bertz CT molecular complexity index is 609. The predicted octanol–water partition coefficient (Wildman–Crippen LogP) is 1.13. The zero-order valence-corrected chi connectivity index (χ0v) is 12.2. The number of aromatic nitrogens is 1. The summed E-state index contributed by atoms with van der Waals surface area (Å²) >= 11 is 0. The quantitative estimate of drug-likeness (QED) is 0.836. The Labute approximate surface area is 115 Å². The van der Waals surface area contributed by atoms with Crippen LogP contribution in [-0.2, 0) is 17.4 Å². The summed E-state index contributed by atoms with van der Waals surface area (Å²) in [7, 11) is 2.55. The first-order valence-corrected chi connectivity index (χ1v) is 7.52. The number of nitrogens with zero attached hydrogens (tertiary/aromatic N) is 2. The summed E-state index contributed by atoms with van der Waals surface area (Å²) in [6.45, 7) is 0.722. The summed E-state index contributed by atoms with van der Waals surface area (Å²) in [6, 6.07) is 5.82. The maximum atomic E-state index is 11.3. The molecule has 2 rings (SSSR count). The van der Waals surface area contributed by atoms with E-state index in [0.717, 1.165) is 35.2 Å². The van der Waals surface area contributed by atoms with Crippen LogP contribution in [0.25, 0.3) is 10.9 Å². The van der Waals surface area contributed by atoms with Crippen molar-refractivity contribution in [3.63, 3.8) is 0 Å². The molecule has 0 amide bonds. The van der Waals surface area contributed by atoms with Gasteiger partial charge in [0.1, 0.15) is 5.75 Å². The van der Waals surface area contributed by atoms with Crippen LogP contribution in [-0.4, -0.2) is 40.1 Å². The first-order valence-electron chi connectivity index (χ1n) is 6.00. The molecule has 0 aliphatic rings. The number of methoxy groups -OCH3 is 1. The summed E-state index contributed by atoms with van der Waals surface area (Å²) in [6.07, 6.45) is 4.38. The maximum Gasteiger partial charge on any atom is 0.119 e. The minimum atomic E-state index is -0.946. The molecule has 0 spiro atoms. The van der Waals surface area contributed by atoms with Crippen LogP contribution in [0.1, 0.15) is 5.56 Å². The molecule has 0 saturated heterocycles. The first-order chi connectivity index (χ1) is 9.02. The highest BCUT2D eigenvalue weighted by Crippen LogP contribution is 2.25. The van der Waals surface area contributed by atoms with E-state index in [0.29, 0.717) is 0 Å². The highest BCUT2D eigenvalue weighted by Gasteiger charge is 2.10. The Kier molecular flexibility index (Phi) is 4.11. The van der Waals surface area contributed by atoms with Crippen LogP contribution < -0.4 is 10.6 Å². The molecule has 19 heavy (non-hydrogen) atoms. The van der Waals surface area contributed by atoms with Crippen LogP contribution in [0, 0.1) is 0 Å². The predicted molar refractivity (Wildman–Crippen MR) is 79.0 cm³/mol. The van der Waals surface area contributed by atoms with E-state index in [2.05, 4.69) is 0 Å². The van der Waals surface area contributed by atoms with Gasteiger partial charge in [-0.25, -0.2) is 8.51 Å². The van der Waals surface area contributed by atoms with Crippen LogP contribution in [0.3, 0.4) is 0 Å². The van der Waals surface area contributed by atoms with E-state index in [1.165, 1.54) is 0 Å². The van der Waals surface area contributed by atoms with Crippen molar-refractivity contribution in [1.82, 2.24) is 8.98 Å². The van der Waals surface area contributed by atoms with Crippen molar-refractivity contribution >= 4 is 21.9 Å². The van der Waals surface area contributed by atoms with E-state index in [1.807, 2.05) is 31.4 Å². The topological polar surface area (TPSA) is 60.5 Å². The van der Waals surface area contributed by atoms with Gasteiger partial charge in [-0.1, -0.05) is 0 Å². The monoisotopic (exact) mass is 281 g/mol.